The highest BCUT2D eigenvalue weighted by molar-refractivity contribution is 7.13. The predicted octanol–water partition coefficient (Wildman–Crippen LogP) is 1.30. The highest BCUT2D eigenvalue weighted by atomic mass is 32.1. The van der Waals surface area contributed by atoms with E-state index in [-0.39, 0.29) is 36.1 Å². The number of amides is 1. The minimum atomic E-state index is -2.76. The van der Waals surface area contributed by atoms with Gasteiger partial charge in [0, 0.05) is 48.6 Å². The lowest BCUT2D eigenvalue weighted by Crippen LogP contribution is -2.74. The van der Waals surface area contributed by atoms with Crippen LogP contribution in [0.1, 0.15) is 54.4 Å². The molecule has 1 amide bonds. The Morgan fingerprint density at radius 1 is 1.16 bits per heavy atom. The fourth-order valence-electron chi connectivity index (χ4n) is 7.11. The second kappa shape index (κ2) is 10.7. The number of benzene rings is 1. The lowest BCUT2D eigenvalue weighted by Gasteiger charge is -2.52. The number of phenolic OH excluding ortho intramolecular Hbond substituents is 1. The van der Waals surface area contributed by atoms with Crippen LogP contribution >= 0.6 is 11.3 Å². The molecular formula is C31H39N5O7S. The van der Waals surface area contributed by atoms with Crippen molar-refractivity contribution in [2.45, 2.75) is 57.2 Å². The number of anilines is 2. The number of carbonyl (C=O) groups is 5. The molecule has 44 heavy (non-hydrogen) atoms. The summed E-state index contributed by atoms with van der Waals surface area (Å²) < 4.78 is 0. The van der Waals surface area contributed by atoms with Crippen molar-refractivity contribution in [2.24, 2.45) is 29.4 Å². The number of fused-ring (bicyclic) bond motifs is 3. The summed E-state index contributed by atoms with van der Waals surface area (Å²) in [6.07, 6.45) is 0.197. The Bertz CT molecular complexity index is 1590. The number of thiazole rings is 1. The van der Waals surface area contributed by atoms with Crippen molar-refractivity contribution in [1.82, 2.24) is 9.88 Å². The molecule has 1 aromatic carbocycles. The summed E-state index contributed by atoms with van der Waals surface area (Å²) in [6.45, 7) is 6.32. The van der Waals surface area contributed by atoms with Gasteiger partial charge in [-0.1, -0.05) is 20.8 Å². The molecule has 12 nitrogen and oxygen atoms in total. The van der Waals surface area contributed by atoms with Gasteiger partial charge >= 0.3 is 0 Å². The van der Waals surface area contributed by atoms with E-state index >= 15 is 0 Å². The van der Waals surface area contributed by atoms with Gasteiger partial charge in [-0.3, -0.25) is 28.9 Å². The van der Waals surface area contributed by atoms with Gasteiger partial charge in [0.1, 0.15) is 5.75 Å². The molecule has 1 aromatic heterocycles. The highest BCUT2D eigenvalue weighted by Gasteiger charge is 2.69. The molecule has 0 aliphatic heterocycles. The fraction of sp³-hybridized carbons (Fsp3) is 0.548. The summed E-state index contributed by atoms with van der Waals surface area (Å²) in [5, 5.41) is 29.1. The normalized spacial score (nSPS) is 28.4. The predicted molar refractivity (Wildman–Crippen MR) is 164 cm³/mol. The van der Waals surface area contributed by atoms with Crippen molar-refractivity contribution >= 4 is 51.2 Å². The molecule has 3 aliphatic rings. The van der Waals surface area contributed by atoms with Crippen molar-refractivity contribution in [2.75, 3.05) is 38.4 Å². The zero-order chi connectivity index (χ0) is 32.6. The molecule has 2 saturated carbocycles. The third-order valence-electron chi connectivity index (χ3n) is 9.30. The number of aromatic hydroxyl groups is 1. The van der Waals surface area contributed by atoms with E-state index in [4.69, 9.17) is 5.73 Å². The third-order valence-corrected chi connectivity index (χ3v) is 10.1. The van der Waals surface area contributed by atoms with Gasteiger partial charge in [-0.25, -0.2) is 4.98 Å². The first-order chi connectivity index (χ1) is 20.4. The van der Waals surface area contributed by atoms with Crippen molar-refractivity contribution in [3.8, 4) is 5.75 Å². The fourth-order valence-corrected chi connectivity index (χ4v) is 8.05. The van der Waals surface area contributed by atoms with E-state index in [0.717, 1.165) is 5.69 Å². The van der Waals surface area contributed by atoms with E-state index in [0.29, 0.717) is 21.9 Å². The standard InChI is InChI=1S/C31H39N5O7S/c1-30(2,3)18-12-44-29(34-18)33-11-14-10-17(35(4)5)15-8-13-9-16-22(36(6)7)25(39)21(28(32)42)27(41)31(16,43)26(40)19(13)24(38)20(15)23(14)37/h10,12-13,16,19,21-22,37,43H,8-9,11H2,1-7H3,(H2,32,42)(H,33,34)/t13-,16-,19?,21?,22?,31-/m1/s1. The highest BCUT2D eigenvalue weighted by Crippen LogP contribution is 2.52. The van der Waals surface area contributed by atoms with Crippen LogP contribution in [0, 0.1) is 23.7 Å². The lowest BCUT2D eigenvalue weighted by molar-refractivity contribution is -0.181. The topological polar surface area (TPSA) is 183 Å². The van der Waals surface area contributed by atoms with Crippen molar-refractivity contribution in [1.29, 1.82) is 0 Å². The van der Waals surface area contributed by atoms with Gasteiger partial charge < -0.3 is 26.2 Å². The number of nitrogens with two attached hydrogens (primary N) is 1. The molecule has 0 radical (unpaired) electrons. The summed E-state index contributed by atoms with van der Waals surface area (Å²) in [7, 11) is 6.74. The van der Waals surface area contributed by atoms with Gasteiger partial charge in [0.2, 0.25) is 5.91 Å². The molecule has 13 heteroatoms. The minimum Gasteiger partial charge on any atom is -0.507 e. The zero-order valence-corrected chi connectivity index (χ0v) is 26.7. The van der Waals surface area contributed by atoms with Gasteiger partial charge in [-0.05, 0) is 44.5 Å². The first-order valence-electron chi connectivity index (χ1n) is 14.5. The first kappa shape index (κ1) is 31.7. The number of rotatable bonds is 6. The molecule has 2 aromatic rings. The third kappa shape index (κ3) is 4.72. The van der Waals surface area contributed by atoms with Crippen molar-refractivity contribution in [3.05, 3.63) is 33.8 Å². The zero-order valence-electron chi connectivity index (χ0n) is 25.9. The van der Waals surface area contributed by atoms with Crippen LogP contribution in [-0.2, 0) is 37.6 Å². The van der Waals surface area contributed by atoms with Crippen LogP contribution in [0.3, 0.4) is 0 Å². The molecule has 5 rings (SSSR count). The van der Waals surface area contributed by atoms with Crippen LogP contribution in [0.25, 0.3) is 0 Å². The number of carbonyl (C=O) groups excluding carboxylic acids is 5. The van der Waals surface area contributed by atoms with Crippen LogP contribution in [0.4, 0.5) is 10.8 Å². The number of likely N-dealkylation sites (N-methyl/N-ethyl adjacent to an activating group) is 1. The molecule has 236 valence electrons. The van der Waals surface area contributed by atoms with Crippen LogP contribution in [-0.4, -0.2) is 89.0 Å². The van der Waals surface area contributed by atoms with Gasteiger partial charge in [0.15, 0.2) is 39.8 Å². The van der Waals surface area contributed by atoms with E-state index < -0.39 is 64.4 Å². The summed E-state index contributed by atoms with van der Waals surface area (Å²) in [6, 6.07) is 0.651. The lowest BCUT2D eigenvalue weighted by atomic mass is 9.52. The number of hydrogen-bond acceptors (Lipinski definition) is 12. The molecule has 3 aliphatic carbocycles. The summed E-state index contributed by atoms with van der Waals surface area (Å²) in [5.41, 5.74) is 5.02. The molecule has 5 N–H and O–H groups in total. The smallest absolute Gasteiger partial charge is 0.235 e. The van der Waals surface area contributed by atoms with E-state index in [9.17, 15) is 34.2 Å². The van der Waals surface area contributed by atoms with Gasteiger partial charge in [-0.15, -0.1) is 11.3 Å². The van der Waals surface area contributed by atoms with E-state index in [1.807, 2.05) is 24.4 Å². The van der Waals surface area contributed by atoms with Gasteiger partial charge in [0.25, 0.3) is 0 Å². The number of aromatic nitrogens is 1. The number of nitrogens with one attached hydrogen (secondary N) is 1. The van der Waals surface area contributed by atoms with E-state index in [1.54, 1.807) is 20.2 Å². The van der Waals surface area contributed by atoms with Crippen molar-refractivity contribution < 1.29 is 34.2 Å². The summed E-state index contributed by atoms with van der Waals surface area (Å²) in [5.74, 6) is -10.6. The molecule has 1 heterocycles. The first-order valence-corrected chi connectivity index (χ1v) is 15.4. The van der Waals surface area contributed by atoms with Crippen LogP contribution < -0.4 is 16.0 Å². The molecule has 0 bridgehead atoms. The molecule has 6 atom stereocenters. The number of hydrogen-bond donors (Lipinski definition) is 4. The second-order valence-electron chi connectivity index (χ2n) is 13.6. The van der Waals surface area contributed by atoms with Crippen molar-refractivity contribution in [3.63, 3.8) is 0 Å². The number of Topliss-reactive ketones (excluding diaryl/α,β-unsaturated/α-hetero) is 4. The van der Waals surface area contributed by atoms with E-state index in [2.05, 4.69) is 31.1 Å². The minimum absolute atomic E-state index is 0.000982. The molecule has 3 unspecified atom stereocenters. The number of primary amides is 1. The largest absolute Gasteiger partial charge is 0.507 e. The number of ketones is 4. The number of phenols is 1. The summed E-state index contributed by atoms with van der Waals surface area (Å²) >= 11 is 1.43. The monoisotopic (exact) mass is 625 g/mol. The SMILES string of the molecule is CN(C)c1cc(CNc2nc(C(C)(C)C)cs2)c(O)c2c1C[C@@H]1C[C@@H]3C(N(C)C)C(=O)C(C(N)=O)C(=O)[C@]3(O)C(=O)C1C2=O. The molecule has 2 fully saturated rings. The Morgan fingerprint density at radius 2 is 1.82 bits per heavy atom. The second-order valence-corrected chi connectivity index (χ2v) is 14.4. The molecule has 0 saturated heterocycles. The maximum atomic E-state index is 14.2. The summed E-state index contributed by atoms with van der Waals surface area (Å²) in [4.78, 5) is 75.2. The average Bonchev–Trinajstić information content (AvgIpc) is 3.39. The van der Waals surface area contributed by atoms with Crippen LogP contribution in [0.15, 0.2) is 11.4 Å². The Balaban J connectivity index is 1.56. The van der Waals surface area contributed by atoms with Crippen LogP contribution in [0.5, 0.6) is 5.75 Å². The van der Waals surface area contributed by atoms with E-state index in [1.165, 1.54) is 16.2 Å². The van der Waals surface area contributed by atoms with Gasteiger partial charge in [0.05, 0.1) is 23.2 Å². The number of aliphatic hydroxyl groups is 1. The Morgan fingerprint density at radius 3 is 2.36 bits per heavy atom. The maximum Gasteiger partial charge on any atom is 0.235 e. The Hall–Kier alpha value is -3.68. The average molecular weight is 626 g/mol. The van der Waals surface area contributed by atoms with Crippen LogP contribution in [0.2, 0.25) is 0 Å². The Kier molecular flexibility index (Phi) is 7.75. The van der Waals surface area contributed by atoms with Gasteiger partial charge in [-0.2, -0.15) is 0 Å². The quantitative estimate of drug-likeness (QED) is 0.340. The number of nitrogens with zero attached hydrogens (tertiary/aromatic N) is 3. The maximum absolute atomic E-state index is 14.2. The molecular weight excluding hydrogens is 586 g/mol. The molecule has 0 spiro atoms. The Labute approximate surface area is 259 Å².